The number of hydrogen-bond acceptors (Lipinski definition) is 4. The maximum Gasteiger partial charge on any atom is 0.200 e. The summed E-state index contributed by atoms with van der Waals surface area (Å²) < 4.78 is 2.50. The molecule has 5 nitrogen and oxygen atoms in total. The number of aromatic nitrogens is 4. The van der Waals surface area contributed by atoms with Crippen LogP contribution in [0.3, 0.4) is 0 Å². The Bertz CT molecular complexity index is 677. The lowest BCUT2D eigenvalue weighted by Gasteiger charge is -1.96. The summed E-state index contributed by atoms with van der Waals surface area (Å²) in [7, 11) is 0. The lowest BCUT2D eigenvalue weighted by atomic mass is 10.3. The molecule has 0 radical (unpaired) electrons. The molecule has 0 fully saturated rings. The SMILES string of the molecule is Nc1cc(Br)cn2nc(-c3ccccn3)nc12. The Kier molecular flexibility index (Phi) is 2.29. The van der Waals surface area contributed by atoms with Crippen LogP contribution < -0.4 is 5.73 Å². The van der Waals surface area contributed by atoms with Crippen LogP contribution >= 0.6 is 15.9 Å². The molecule has 0 aliphatic rings. The van der Waals surface area contributed by atoms with Gasteiger partial charge in [0.1, 0.15) is 5.69 Å². The van der Waals surface area contributed by atoms with E-state index in [1.807, 2.05) is 24.4 Å². The second-order valence-electron chi connectivity index (χ2n) is 3.53. The normalized spacial score (nSPS) is 10.9. The van der Waals surface area contributed by atoms with Gasteiger partial charge >= 0.3 is 0 Å². The van der Waals surface area contributed by atoms with Crippen molar-refractivity contribution in [2.45, 2.75) is 0 Å². The molecule has 0 bridgehead atoms. The van der Waals surface area contributed by atoms with E-state index >= 15 is 0 Å². The summed E-state index contributed by atoms with van der Waals surface area (Å²) in [6, 6.07) is 7.41. The Morgan fingerprint density at radius 2 is 2.18 bits per heavy atom. The third kappa shape index (κ3) is 1.76. The lowest BCUT2D eigenvalue weighted by molar-refractivity contribution is 0.958. The maximum atomic E-state index is 5.87. The first-order valence-electron chi connectivity index (χ1n) is 4.97. The van der Waals surface area contributed by atoms with Gasteiger partial charge in [-0.05, 0) is 34.1 Å². The molecule has 2 N–H and O–H groups in total. The van der Waals surface area contributed by atoms with Crippen LogP contribution in [0.25, 0.3) is 17.2 Å². The van der Waals surface area contributed by atoms with Crippen LogP contribution in [0.15, 0.2) is 41.1 Å². The fraction of sp³-hybridized carbons (Fsp3) is 0. The van der Waals surface area contributed by atoms with Gasteiger partial charge in [-0.25, -0.2) is 9.50 Å². The number of rotatable bonds is 1. The number of fused-ring (bicyclic) bond motifs is 1. The first kappa shape index (κ1) is 10.2. The number of pyridine rings is 2. The molecule has 0 amide bonds. The van der Waals surface area contributed by atoms with E-state index in [9.17, 15) is 0 Å². The molecule has 17 heavy (non-hydrogen) atoms. The summed E-state index contributed by atoms with van der Waals surface area (Å²) in [6.45, 7) is 0. The molecule has 0 aliphatic carbocycles. The molecule has 0 saturated carbocycles. The van der Waals surface area contributed by atoms with Crippen molar-refractivity contribution in [3.8, 4) is 11.5 Å². The van der Waals surface area contributed by atoms with Gasteiger partial charge in [0.05, 0.1) is 5.69 Å². The van der Waals surface area contributed by atoms with Crippen LogP contribution in [-0.2, 0) is 0 Å². The summed E-state index contributed by atoms with van der Waals surface area (Å²) in [5.41, 5.74) is 7.81. The summed E-state index contributed by atoms with van der Waals surface area (Å²) in [4.78, 5) is 8.57. The van der Waals surface area contributed by atoms with Gasteiger partial charge in [-0.3, -0.25) is 4.98 Å². The van der Waals surface area contributed by atoms with Gasteiger partial charge in [0, 0.05) is 16.9 Å². The topological polar surface area (TPSA) is 69.1 Å². The van der Waals surface area contributed by atoms with Crippen molar-refractivity contribution in [3.05, 3.63) is 41.1 Å². The number of hydrogen-bond donors (Lipinski definition) is 1. The van der Waals surface area contributed by atoms with E-state index < -0.39 is 0 Å². The molecule has 0 unspecified atom stereocenters. The molecule has 3 rings (SSSR count). The molecule has 3 aromatic heterocycles. The average molecular weight is 290 g/mol. The predicted molar refractivity (Wildman–Crippen MR) is 68.3 cm³/mol. The van der Waals surface area contributed by atoms with Crippen molar-refractivity contribution in [2.75, 3.05) is 5.73 Å². The van der Waals surface area contributed by atoms with Gasteiger partial charge in [0.15, 0.2) is 5.65 Å². The Balaban J connectivity index is 2.24. The van der Waals surface area contributed by atoms with E-state index in [0.29, 0.717) is 17.2 Å². The van der Waals surface area contributed by atoms with Crippen LogP contribution in [0.5, 0.6) is 0 Å². The van der Waals surface area contributed by atoms with E-state index in [1.54, 1.807) is 16.8 Å². The van der Waals surface area contributed by atoms with Crippen molar-refractivity contribution in [1.82, 2.24) is 19.6 Å². The summed E-state index contributed by atoms with van der Waals surface area (Å²) >= 11 is 3.36. The molecule has 0 atom stereocenters. The summed E-state index contributed by atoms with van der Waals surface area (Å²) in [6.07, 6.45) is 3.52. The van der Waals surface area contributed by atoms with E-state index in [0.717, 1.165) is 10.2 Å². The molecule has 3 aromatic rings. The quantitative estimate of drug-likeness (QED) is 0.745. The Morgan fingerprint density at radius 1 is 1.29 bits per heavy atom. The highest BCUT2D eigenvalue weighted by molar-refractivity contribution is 9.10. The zero-order valence-electron chi connectivity index (χ0n) is 8.71. The molecular formula is C11H8BrN5. The number of halogens is 1. The lowest BCUT2D eigenvalue weighted by Crippen LogP contribution is -1.93. The minimum atomic E-state index is 0.565. The second kappa shape index (κ2) is 3.81. The highest BCUT2D eigenvalue weighted by atomic mass is 79.9. The van der Waals surface area contributed by atoms with Gasteiger partial charge in [-0.15, -0.1) is 5.10 Å². The Hall–Kier alpha value is -1.95. The summed E-state index contributed by atoms with van der Waals surface area (Å²) in [5, 5.41) is 4.34. The first-order valence-corrected chi connectivity index (χ1v) is 5.76. The molecular weight excluding hydrogens is 282 g/mol. The number of nitrogen functional groups attached to an aromatic ring is 1. The average Bonchev–Trinajstić information content (AvgIpc) is 2.74. The predicted octanol–water partition coefficient (Wildman–Crippen LogP) is 2.14. The standard InChI is InChI=1S/C11H8BrN5/c12-7-5-8(13)11-15-10(16-17(11)6-7)9-3-1-2-4-14-9/h1-6H,13H2. The fourth-order valence-corrected chi connectivity index (χ4v) is 2.02. The third-order valence-corrected chi connectivity index (χ3v) is 2.76. The van der Waals surface area contributed by atoms with Crippen molar-refractivity contribution < 1.29 is 0 Å². The smallest absolute Gasteiger partial charge is 0.200 e. The minimum Gasteiger partial charge on any atom is -0.396 e. The van der Waals surface area contributed by atoms with Gasteiger partial charge in [-0.1, -0.05) is 6.07 Å². The van der Waals surface area contributed by atoms with Gasteiger partial charge in [-0.2, -0.15) is 0 Å². The van der Waals surface area contributed by atoms with Crippen molar-refractivity contribution in [3.63, 3.8) is 0 Å². The number of nitrogens with two attached hydrogens (primary N) is 1. The zero-order chi connectivity index (χ0) is 11.8. The molecule has 0 spiro atoms. The molecule has 0 aromatic carbocycles. The Morgan fingerprint density at radius 3 is 2.94 bits per heavy atom. The molecule has 84 valence electrons. The molecule has 0 saturated heterocycles. The zero-order valence-corrected chi connectivity index (χ0v) is 10.3. The van der Waals surface area contributed by atoms with Crippen LogP contribution in [0.2, 0.25) is 0 Å². The highest BCUT2D eigenvalue weighted by Gasteiger charge is 2.09. The first-order chi connectivity index (χ1) is 8.24. The van der Waals surface area contributed by atoms with Crippen molar-refractivity contribution in [1.29, 1.82) is 0 Å². The largest absolute Gasteiger partial charge is 0.396 e. The molecule has 3 heterocycles. The van der Waals surface area contributed by atoms with E-state index in [1.165, 1.54) is 0 Å². The third-order valence-electron chi connectivity index (χ3n) is 2.32. The number of nitrogens with zero attached hydrogens (tertiary/aromatic N) is 4. The monoisotopic (exact) mass is 289 g/mol. The van der Waals surface area contributed by atoms with Gasteiger partial charge < -0.3 is 5.73 Å². The fourth-order valence-electron chi connectivity index (χ4n) is 1.58. The molecule has 0 aliphatic heterocycles. The van der Waals surface area contributed by atoms with Crippen molar-refractivity contribution >= 4 is 27.3 Å². The van der Waals surface area contributed by atoms with Crippen LogP contribution in [0.1, 0.15) is 0 Å². The van der Waals surface area contributed by atoms with E-state index in [2.05, 4.69) is 31.0 Å². The van der Waals surface area contributed by atoms with Crippen LogP contribution in [-0.4, -0.2) is 19.6 Å². The van der Waals surface area contributed by atoms with Crippen LogP contribution in [0, 0.1) is 0 Å². The van der Waals surface area contributed by atoms with Gasteiger partial charge in [0.2, 0.25) is 5.82 Å². The number of anilines is 1. The maximum absolute atomic E-state index is 5.87. The summed E-state index contributed by atoms with van der Waals surface area (Å²) in [5.74, 6) is 0.565. The highest BCUT2D eigenvalue weighted by Crippen LogP contribution is 2.20. The van der Waals surface area contributed by atoms with E-state index in [-0.39, 0.29) is 0 Å². The minimum absolute atomic E-state index is 0.565. The Labute approximate surface area is 105 Å². The van der Waals surface area contributed by atoms with Gasteiger partial charge in [0.25, 0.3) is 0 Å². The second-order valence-corrected chi connectivity index (χ2v) is 4.45. The van der Waals surface area contributed by atoms with E-state index in [4.69, 9.17) is 5.73 Å². The van der Waals surface area contributed by atoms with Crippen LogP contribution in [0.4, 0.5) is 5.69 Å². The van der Waals surface area contributed by atoms with Crippen molar-refractivity contribution in [2.24, 2.45) is 0 Å². The molecule has 6 heteroatoms.